The van der Waals surface area contributed by atoms with Crippen LogP contribution >= 0.6 is 0 Å². The Hall–Kier alpha value is -2.18. The zero-order valence-electron chi connectivity index (χ0n) is 18.1. The predicted octanol–water partition coefficient (Wildman–Crippen LogP) is 3.02. The van der Waals surface area contributed by atoms with Crippen LogP contribution in [0.2, 0.25) is 0 Å². The molecule has 30 heavy (non-hydrogen) atoms. The van der Waals surface area contributed by atoms with Gasteiger partial charge in [-0.2, -0.15) is 0 Å². The van der Waals surface area contributed by atoms with E-state index in [-0.39, 0.29) is 11.8 Å². The molecule has 1 N–H and O–H groups in total. The van der Waals surface area contributed by atoms with Gasteiger partial charge in [0.2, 0.25) is 5.91 Å². The van der Waals surface area contributed by atoms with Crippen LogP contribution in [0.15, 0.2) is 40.9 Å². The van der Waals surface area contributed by atoms with Gasteiger partial charge < -0.3 is 14.7 Å². The fourth-order valence-corrected chi connectivity index (χ4v) is 4.82. The van der Waals surface area contributed by atoms with Gasteiger partial charge in [-0.05, 0) is 64.2 Å². The van der Waals surface area contributed by atoms with E-state index in [1.54, 1.807) is 0 Å². The van der Waals surface area contributed by atoms with Gasteiger partial charge in [-0.25, -0.2) is 0 Å². The highest BCUT2D eigenvalue weighted by Crippen LogP contribution is 2.24. The normalized spacial score (nSPS) is 21.6. The summed E-state index contributed by atoms with van der Waals surface area (Å²) in [4.78, 5) is 17.8. The van der Waals surface area contributed by atoms with Gasteiger partial charge in [-0.1, -0.05) is 35.5 Å². The van der Waals surface area contributed by atoms with Gasteiger partial charge in [0.1, 0.15) is 11.5 Å². The molecule has 0 spiro atoms. The molecule has 2 aromatic rings. The maximum atomic E-state index is 12.7. The summed E-state index contributed by atoms with van der Waals surface area (Å²) in [6.45, 7) is 7.80. The van der Waals surface area contributed by atoms with Gasteiger partial charge in [0.25, 0.3) is 0 Å². The second-order valence-electron chi connectivity index (χ2n) is 8.79. The molecule has 1 unspecified atom stereocenters. The topological polar surface area (TPSA) is 61.6 Å². The fourth-order valence-electron chi connectivity index (χ4n) is 4.82. The molecule has 2 aliphatic heterocycles. The average molecular weight is 411 g/mol. The second-order valence-corrected chi connectivity index (χ2v) is 8.79. The first-order chi connectivity index (χ1) is 14.7. The number of aromatic nitrogens is 1. The summed E-state index contributed by atoms with van der Waals surface area (Å²) in [6, 6.07) is 13.3. The van der Waals surface area contributed by atoms with E-state index in [1.165, 1.54) is 18.4 Å². The number of benzene rings is 1. The Labute approximate surface area is 179 Å². The minimum atomic E-state index is 0.0860. The van der Waals surface area contributed by atoms with Gasteiger partial charge in [0.15, 0.2) is 0 Å². The number of amides is 1. The molecule has 1 amide bonds. The van der Waals surface area contributed by atoms with E-state index in [0.29, 0.717) is 12.6 Å². The van der Waals surface area contributed by atoms with E-state index in [2.05, 4.69) is 50.6 Å². The highest BCUT2D eigenvalue weighted by molar-refractivity contribution is 5.78. The van der Waals surface area contributed by atoms with Gasteiger partial charge in [0, 0.05) is 25.2 Å². The molecule has 4 rings (SSSR count). The van der Waals surface area contributed by atoms with Crippen LogP contribution in [-0.4, -0.2) is 59.6 Å². The number of aryl methyl sites for hydroxylation is 1. The van der Waals surface area contributed by atoms with Crippen LogP contribution in [0.5, 0.6) is 0 Å². The van der Waals surface area contributed by atoms with Crippen molar-refractivity contribution in [3.8, 4) is 0 Å². The molecular formula is C24H34N4O2. The highest BCUT2D eigenvalue weighted by Gasteiger charge is 2.31. The molecule has 1 aromatic carbocycles. The molecule has 0 bridgehead atoms. The van der Waals surface area contributed by atoms with Crippen LogP contribution in [0.1, 0.15) is 42.7 Å². The Bertz CT molecular complexity index is 799. The summed E-state index contributed by atoms with van der Waals surface area (Å²) < 4.78 is 5.08. The van der Waals surface area contributed by atoms with Gasteiger partial charge >= 0.3 is 0 Å². The standard InChI is InChI=1S/C24H34N4O2/c1-19-16-22(26-30-19)17-25-24(29)21-8-5-12-28(18-21)23-10-14-27(15-11-23)13-9-20-6-3-2-4-7-20/h2-4,6-7,16,21,23H,5,8-15,17-18H2,1H3,(H,25,29). The van der Waals surface area contributed by atoms with Crippen molar-refractivity contribution >= 4 is 5.91 Å². The van der Waals surface area contributed by atoms with Crippen molar-refractivity contribution in [2.24, 2.45) is 5.92 Å². The number of rotatable bonds is 7. The van der Waals surface area contributed by atoms with Gasteiger partial charge in [-0.15, -0.1) is 0 Å². The molecule has 1 aromatic heterocycles. The first kappa shape index (κ1) is 21.1. The number of hydrogen-bond acceptors (Lipinski definition) is 5. The molecular weight excluding hydrogens is 376 g/mol. The largest absolute Gasteiger partial charge is 0.361 e. The van der Waals surface area contributed by atoms with Crippen LogP contribution in [0.25, 0.3) is 0 Å². The Kier molecular flexibility index (Phi) is 7.18. The van der Waals surface area contributed by atoms with E-state index in [9.17, 15) is 4.79 Å². The molecule has 3 heterocycles. The van der Waals surface area contributed by atoms with Crippen LogP contribution in [0, 0.1) is 12.8 Å². The number of carbonyl (C=O) groups excluding carboxylic acids is 1. The van der Waals surface area contributed by atoms with Gasteiger partial charge in [0.05, 0.1) is 12.5 Å². The molecule has 0 radical (unpaired) electrons. The first-order valence-corrected chi connectivity index (χ1v) is 11.4. The van der Waals surface area contributed by atoms with E-state index >= 15 is 0 Å². The molecule has 162 valence electrons. The van der Waals surface area contributed by atoms with Crippen molar-refractivity contribution < 1.29 is 9.32 Å². The Morgan fingerprint density at radius 2 is 1.97 bits per heavy atom. The van der Waals surface area contributed by atoms with Crippen LogP contribution in [-0.2, 0) is 17.8 Å². The first-order valence-electron chi connectivity index (χ1n) is 11.4. The lowest BCUT2D eigenvalue weighted by molar-refractivity contribution is -0.127. The average Bonchev–Trinajstić information content (AvgIpc) is 3.22. The summed E-state index contributed by atoms with van der Waals surface area (Å²) in [5.41, 5.74) is 2.21. The second kappa shape index (κ2) is 10.2. The summed E-state index contributed by atoms with van der Waals surface area (Å²) in [7, 11) is 0. The maximum Gasteiger partial charge on any atom is 0.224 e. The van der Waals surface area contributed by atoms with Crippen molar-refractivity contribution in [1.29, 1.82) is 0 Å². The van der Waals surface area contributed by atoms with E-state index in [0.717, 1.165) is 63.4 Å². The summed E-state index contributed by atoms with van der Waals surface area (Å²) in [5.74, 6) is 1.02. The van der Waals surface area contributed by atoms with E-state index in [1.807, 2.05) is 13.0 Å². The fraction of sp³-hybridized carbons (Fsp3) is 0.583. The van der Waals surface area contributed by atoms with Crippen LogP contribution in [0.3, 0.4) is 0 Å². The molecule has 0 saturated carbocycles. The summed E-state index contributed by atoms with van der Waals surface area (Å²) in [5, 5.41) is 7.01. The van der Waals surface area contributed by atoms with Crippen molar-refractivity contribution in [3.63, 3.8) is 0 Å². The van der Waals surface area contributed by atoms with Crippen molar-refractivity contribution in [2.45, 2.75) is 51.6 Å². The van der Waals surface area contributed by atoms with Crippen molar-refractivity contribution in [3.05, 3.63) is 53.4 Å². The van der Waals surface area contributed by atoms with E-state index < -0.39 is 0 Å². The molecule has 1 atom stereocenters. The minimum Gasteiger partial charge on any atom is -0.361 e. The molecule has 2 fully saturated rings. The molecule has 2 saturated heterocycles. The molecule has 6 heteroatoms. The number of nitrogens with one attached hydrogen (secondary N) is 1. The third-order valence-electron chi connectivity index (χ3n) is 6.58. The molecule has 0 aliphatic carbocycles. The van der Waals surface area contributed by atoms with Crippen LogP contribution in [0.4, 0.5) is 0 Å². The zero-order valence-corrected chi connectivity index (χ0v) is 18.1. The Balaban J connectivity index is 1.19. The van der Waals surface area contributed by atoms with Crippen molar-refractivity contribution in [2.75, 3.05) is 32.7 Å². The number of carbonyl (C=O) groups is 1. The lowest BCUT2D eigenvalue weighted by Crippen LogP contribution is -2.50. The number of hydrogen-bond donors (Lipinski definition) is 1. The predicted molar refractivity (Wildman–Crippen MR) is 117 cm³/mol. The van der Waals surface area contributed by atoms with Crippen molar-refractivity contribution in [1.82, 2.24) is 20.3 Å². The van der Waals surface area contributed by atoms with Crippen LogP contribution < -0.4 is 5.32 Å². The van der Waals surface area contributed by atoms with Gasteiger partial charge in [-0.3, -0.25) is 9.69 Å². The maximum absolute atomic E-state index is 12.7. The monoisotopic (exact) mass is 410 g/mol. The van der Waals surface area contributed by atoms with E-state index in [4.69, 9.17) is 4.52 Å². The Morgan fingerprint density at radius 1 is 1.17 bits per heavy atom. The Morgan fingerprint density at radius 3 is 2.70 bits per heavy atom. The number of likely N-dealkylation sites (tertiary alicyclic amines) is 2. The highest BCUT2D eigenvalue weighted by atomic mass is 16.5. The number of nitrogens with zero attached hydrogens (tertiary/aromatic N) is 3. The smallest absolute Gasteiger partial charge is 0.224 e. The summed E-state index contributed by atoms with van der Waals surface area (Å²) >= 11 is 0. The third kappa shape index (κ3) is 5.70. The number of piperidine rings is 2. The lowest BCUT2D eigenvalue weighted by Gasteiger charge is -2.42. The summed E-state index contributed by atoms with van der Waals surface area (Å²) in [6.07, 6.45) is 5.64. The quantitative estimate of drug-likeness (QED) is 0.760. The molecule has 2 aliphatic rings. The minimum absolute atomic E-state index is 0.0860. The third-order valence-corrected chi connectivity index (χ3v) is 6.58. The lowest BCUT2D eigenvalue weighted by atomic mass is 9.93. The SMILES string of the molecule is Cc1cc(CNC(=O)C2CCCN(C3CCN(CCc4ccccc4)CC3)C2)no1. The zero-order chi connectivity index (χ0) is 20.8. The molecule has 6 nitrogen and oxygen atoms in total.